The lowest BCUT2D eigenvalue weighted by molar-refractivity contribution is 0.669. The van der Waals surface area contributed by atoms with Crippen LogP contribution in [0.25, 0.3) is 131 Å². The van der Waals surface area contributed by atoms with Crippen LogP contribution in [0.3, 0.4) is 0 Å². The Hall–Kier alpha value is -8.26. The number of fused-ring (bicyclic) bond motifs is 8. The van der Waals surface area contributed by atoms with Gasteiger partial charge in [-0.15, -0.1) is 0 Å². The molecule has 1 nitrogen and oxygen atoms in total. The Labute approximate surface area is 364 Å². The maximum absolute atomic E-state index is 6.77. The number of hydrogen-bond donors (Lipinski definition) is 0. The number of furan rings is 1. The second-order valence-corrected chi connectivity index (χ2v) is 16.6. The summed E-state index contributed by atoms with van der Waals surface area (Å²) in [4.78, 5) is 0. The van der Waals surface area contributed by atoms with E-state index in [0.29, 0.717) is 0 Å². The number of hydrogen-bond acceptors (Lipinski definition) is 1. The Balaban J connectivity index is 1.08. The molecule has 0 aliphatic heterocycles. The summed E-state index contributed by atoms with van der Waals surface area (Å²) in [5, 5.41) is 14.6. The van der Waals surface area contributed by atoms with Gasteiger partial charge in [0.1, 0.15) is 11.2 Å². The Kier molecular flexibility index (Phi) is 7.98. The topological polar surface area (TPSA) is 13.1 Å². The summed E-state index contributed by atoms with van der Waals surface area (Å²) >= 11 is 0. The van der Waals surface area contributed by atoms with Crippen molar-refractivity contribution in [2.75, 3.05) is 0 Å². The maximum Gasteiger partial charge on any atom is 0.136 e. The number of benzene rings is 12. The summed E-state index contributed by atoms with van der Waals surface area (Å²) in [6.07, 6.45) is 0. The van der Waals surface area contributed by atoms with Gasteiger partial charge in [-0.25, -0.2) is 0 Å². The predicted octanol–water partition coefficient (Wildman–Crippen LogP) is 17.7. The molecule has 0 radical (unpaired) electrons. The first-order valence-electron chi connectivity index (χ1n) is 21.8. The van der Waals surface area contributed by atoms with E-state index in [1.54, 1.807) is 0 Å². The molecule has 1 heteroatoms. The third kappa shape index (κ3) is 5.43. The molecule has 292 valence electrons. The average Bonchev–Trinajstić information content (AvgIpc) is 3.73. The minimum absolute atomic E-state index is 0.880. The molecular formula is C62H38O. The van der Waals surface area contributed by atoms with Gasteiger partial charge in [0.05, 0.1) is 0 Å². The number of rotatable bonds is 5. The van der Waals surface area contributed by atoms with E-state index in [0.717, 1.165) is 21.9 Å². The molecule has 0 fully saturated rings. The Bertz CT molecular complexity index is 3840. The highest BCUT2D eigenvalue weighted by Crippen LogP contribution is 2.50. The van der Waals surface area contributed by atoms with Crippen molar-refractivity contribution in [2.24, 2.45) is 0 Å². The molecule has 1 aromatic heterocycles. The van der Waals surface area contributed by atoms with Gasteiger partial charge in [-0.2, -0.15) is 0 Å². The highest BCUT2D eigenvalue weighted by Gasteiger charge is 2.23. The zero-order valence-corrected chi connectivity index (χ0v) is 34.3. The summed E-state index contributed by atoms with van der Waals surface area (Å²) in [6, 6.07) is 84.1. The molecule has 0 saturated carbocycles. The molecule has 63 heavy (non-hydrogen) atoms. The van der Waals surface area contributed by atoms with Gasteiger partial charge in [-0.1, -0.05) is 212 Å². The molecule has 0 amide bonds. The SMILES string of the molecule is c1ccc(-c2ccc(-c3c4ccccc4c(-c4cccc5oc6ccc(-c7c8ccccc8c(-c8ccccc8)c8ccccc78)cc6c45)c4ccccc34)c3ccccc23)cc1. The van der Waals surface area contributed by atoms with Crippen LogP contribution in [-0.4, -0.2) is 0 Å². The fourth-order valence-electron chi connectivity index (χ4n) is 10.6. The third-order valence-electron chi connectivity index (χ3n) is 13.3. The van der Waals surface area contributed by atoms with E-state index in [9.17, 15) is 0 Å². The third-order valence-corrected chi connectivity index (χ3v) is 13.3. The van der Waals surface area contributed by atoms with Gasteiger partial charge in [0, 0.05) is 10.8 Å². The molecule has 0 aliphatic carbocycles. The summed E-state index contributed by atoms with van der Waals surface area (Å²) in [6.45, 7) is 0. The largest absolute Gasteiger partial charge is 0.456 e. The van der Waals surface area contributed by atoms with E-state index >= 15 is 0 Å². The zero-order valence-electron chi connectivity index (χ0n) is 34.3. The molecule has 0 unspecified atom stereocenters. The summed E-state index contributed by atoms with van der Waals surface area (Å²) in [5.41, 5.74) is 14.0. The quantitative estimate of drug-likeness (QED) is 0.158. The van der Waals surface area contributed by atoms with Crippen molar-refractivity contribution < 1.29 is 4.42 Å². The van der Waals surface area contributed by atoms with Gasteiger partial charge in [0.25, 0.3) is 0 Å². The molecule has 0 atom stereocenters. The van der Waals surface area contributed by atoms with E-state index in [1.807, 2.05) is 0 Å². The Morgan fingerprint density at radius 1 is 0.206 bits per heavy atom. The van der Waals surface area contributed by atoms with Gasteiger partial charge >= 0.3 is 0 Å². The fourth-order valence-corrected chi connectivity index (χ4v) is 10.6. The normalized spacial score (nSPS) is 11.8. The molecule has 13 rings (SSSR count). The van der Waals surface area contributed by atoms with Crippen molar-refractivity contribution in [1.29, 1.82) is 0 Å². The summed E-state index contributed by atoms with van der Waals surface area (Å²) < 4.78 is 6.77. The van der Waals surface area contributed by atoms with Crippen molar-refractivity contribution in [3.05, 3.63) is 231 Å². The van der Waals surface area contributed by atoms with Crippen LogP contribution in [0.1, 0.15) is 0 Å². The Morgan fingerprint density at radius 3 is 1.16 bits per heavy atom. The van der Waals surface area contributed by atoms with E-state index in [2.05, 4.69) is 231 Å². The lowest BCUT2D eigenvalue weighted by Crippen LogP contribution is -1.93. The molecule has 0 saturated heterocycles. The first-order chi connectivity index (χ1) is 31.3. The van der Waals surface area contributed by atoms with Gasteiger partial charge in [-0.3, -0.25) is 0 Å². The molecule has 0 bridgehead atoms. The highest BCUT2D eigenvalue weighted by molar-refractivity contribution is 6.28. The van der Waals surface area contributed by atoms with Gasteiger partial charge in [-0.05, 0) is 128 Å². The Morgan fingerprint density at radius 2 is 0.619 bits per heavy atom. The van der Waals surface area contributed by atoms with Crippen LogP contribution < -0.4 is 0 Å². The monoisotopic (exact) mass is 798 g/mol. The molecule has 12 aromatic carbocycles. The molecule has 13 aromatic rings. The van der Waals surface area contributed by atoms with Gasteiger partial charge in [0.2, 0.25) is 0 Å². The molecule has 1 heterocycles. The van der Waals surface area contributed by atoms with Crippen molar-refractivity contribution in [3.63, 3.8) is 0 Å². The van der Waals surface area contributed by atoms with Crippen molar-refractivity contribution in [3.8, 4) is 55.6 Å². The van der Waals surface area contributed by atoms with Crippen LogP contribution in [0.5, 0.6) is 0 Å². The van der Waals surface area contributed by atoms with E-state index in [-0.39, 0.29) is 0 Å². The summed E-state index contributed by atoms with van der Waals surface area (Å²) in [5.74, 6) is 0. The van der Waals surface area contributed by atoms with E-state index < -0.39 is 0 Å². The lowest BCUT2D eigenvalue weighted by Gasteiger charge is -2.20. The zero-order chi connectivity index (χ0) is 41.4. The van der Waals surface area contributed by atoms with Crippen molar-refractivity contribution >= 4 is 75.8 Å². The first-order valence-corrected chi connectivity index (χ1v) is 21.8. The predicted molar refractivity (Wildman–Crippen MR) is 268 cm³/mol. The van der Waals surface area contributed by atoms with Gasteiger partial charge in [0.15, 0.2) is 0 Å². The molecular weight excluding hydrogens is 761 g/mol. The van der Waals surface area contributed by atoms with E-state index in [4.69, 9.17) is 4.42 Å². The minimum atomic E-state index is 0.880. The molecule has 0 N–H and O–H groups in total. The van der Waals surface area contributed by atoms with Crippen LogP contribution in [0.15, 0.2) is 235 Å². The molecule has 0 aliphatic rings. The smallest absolute Gasteiger partial charge is 0.136 e. The van der Waals surface area contributed by atoms with Crippen LogP contribution >= 0.6 is 0 Å². The van der Waals surface area contributed by atoms with Gasteiger partial charge < -0.3 is 4.42 Å². The lowest BCUT2D eigenvalue weighted by atomic mass is 9.83. The second-order valence-electron chi connectivity index (χ2n) is 16.6. The van der Waals surface area contributed by atoms with Crippen LogP contribution in [-0.2, 0) is 0 Å². The highest BCUT2D eigenvalue weighted by atomic mass is 16.3. The minimum Gasteiger partial charge on any atom is -0.456 e. The van der Waals surface area contributed by atoms with Crippen molar-refractivity contribution in [2.45, 2.75) is 0 Å². The molecule has 0 spiro atoms. The average molecular weight is 799 g/mol. The van der Waals surface area contributed by atoms with Crippen LogP contribution in [0.4, 0.5) is 0 Å². The fraction of sp³-hybridized carbons (Fsp3) is 0. The van der Waals surface area contributed by atoms with Crippen LogP contribution in [0, 0.1) is 0 Å². The van der Waals surface area contributed by atoms with Crippen LogP contribution in [0.2, 0.25) is 0 Å². The maximum atomic E-state index is 6.77. The van der Waals surface area contributed by atoms with E-state index in [1.165, 1.54) is 109 Å². The summed E-state index contributed by atoms with van der Waals surface area (Å²) in [7, 11) is 0. The van der Waals surface area contributed by atoms with Crippen molar-refractivity contribution in [1.82, 2.24) is 0 Å². The second kappa shape index (κ2) is 14.2. The standard InChI is InChI=1S/C62H38O/c1-3-18-39(19-4-1)42-35-36-53(44-23-8-7-22-43(42)44)60-49-28-13-15-30-51(49)61(52-31-16-14-29-50(52)60)54-32-17-33-57-62(54)55-38-41(34-37-56(55)63-57)59-47-26-11-9-24-45(47)58(40-20-5-2-6-21-40)46-25-10-12-27-48(46)59/h1-38H. The first kappa shape index (κ1) is 35.5.